The molecule has 0 aliphatic heterocycles. The number of benzene rings is 3. The molecule has 0 spiro atoms. The van der Waals surface area contributed by atoms with Gasteiger partial charge in [0.15, 0.2) is 6.10 Å². The summed E-state index contributed by atoms with van der Waals surface area (Å²) in [6.07, 6.45) is -0.987. The van der Waals surface area contributed by atoms with E-state index in [-0.39, 0.29) is 5.78 Å². The average Bonchev–Trinajstić information content (AvgIpc) is 2.67. The van der Waals surface area contributed by atoms with Crippen molar-refractivity contribution in [3.63, 3.8) is 0 Å². The standard InChI is InChI=1S/C23H19IO3/c1-15-6-10-17(11-7-15)21(25)22(18-12-8-16(2)9-13-18)27-23(26)19-4-3-5-20(24)14-19/h3-14,22H,1-2H3/t22-/m1/s1. The van der Waals surface area contributed by atoms with Crippen LogP contribution >= 0.6 is 22.6 Å². The number of ketones is 1. The lowest BCUT2D eigenvalue weighted by atomic mass is 9.98. The van der Waals surface area contributed by atoms with E-state index in [0.29, 0.717) is 16.7 Å². The van der Waals surface area contributed by atoms with E-state index >= 15 is 0 Å². The fraction of sp³-hybridized carbons (Fsp3) is 0.130. The monoisotopic (exact) mass is 470 g/mol. The molecule has 0 fully saturated rings. The Morgan fingerprint density at radius 1 is 0.815 bits per heavy atom. The lowest BCUT2D eigenvalue weighted by molar-refractivity contribution is 0.0280. The number of halogens is 1. The van der Waals surface area contributed by atoms with Crippen LogP contribution in [-0.4, -0.2) is 11.8 Å². The summed E-state index contributed by atoms with van der Waals surface area (Å²) < 4.78 is 6.60. The van der Waals surface area contributed by atoms with Crippen molar-refractivity contribution in [1.29, 1.82) is 0 Å². The van der Waals surface area contributed by atoms with Crippen molar-refractivity contribution in [2.75, 3.05) is 0 Å². The zero-order valence-corrected chi connectivity index (χ0v) is 17.3. The van der Waals surface area contributed by atoms with Crippen molar-refractivity contribution >= 4 is 34.3 Å². The normalized spacial score (nSPS) is 11.7. The molecule has 0 aliphatic rings. The van der Waals surface area contributed by atoms with E-state index in [9.17, 15) is 9.59 Å². The van der Waals surface area contributed by atoms with Crippen LogP contribution in [0.2, 0.25) is 0 Å². The molecule has 0 aliphatic carbocycles. The molecule has 0 saturated heterocycles. The van der Waals surface area contributed by atoms with Crippen molar-refractivity contribution in [2.45, 2.75) is 20.0 Å². The highest BCUT2D eigenvalue weighted by molar-refractivity contribution is 14.1. The van der Waals surface area contributed by atoms with Crippen LogP contribution in [0.25, 0.3) is 0 Å². The highest BCUT2D eigenvalue weighted by Crippen LogP contribution is 2.25. The van der Waals surface area contributed by atoms with Crippen molar-refractivity contribution in [2.24, 2.45) is 0 Å². The molecule has 3 aromatic carbocycles. The summed E-state index contributed by atoms with van der Waals surface area (Å²) in [6, 6.07) is 21.9. The molecule has 0 N–H and O–H groups in total. The number of hydrogen-bond acceptors (Lipinski definition) is 3. The van der Waals surface area contributed by atoms with Gasteiger partial charge in [-0.1, -0.05) is 65.7 Å². The Labute approximate surface area is 172 Å². The molecular weight excluding hydrogens is 451 g/mol. The van der Waals surface area contributed by atoms with Gasteiger partial charge >= 0.3 is 5.97 Å². The topological polar surface area (TPSA) is 43.4 Å². The van der Waals surface area contributed by atoms with E-state index in [1.165, 1.54) is 0 Å². The zero-order chi connectivity index (χ0) is 19.4. The van der Waals surface area contributed by atoms with E-state index < -0.39 is 12.1 Å². The van der Waals surface area contributed by atoms with Crippen LogP contribution in [0.4, 0.5) is 0 Å². The number of rotatable bonds is 5. The molecule has 0 radical (unpaired) electrons. The first kappa shape index (κ1) is 19.3. The molecule has 0 bridgehead atoms. The number of aryl methyl sites for hydroxylation is 2. The third-order valence-electron chi connectivity index (χ3n) is 4.24. The number of carbonyl (C=O) groups excluding carboxylic acids is 2. The van der Waals surface area contributed by atoms with Crippen molar-refractivity contribution in [3.8, 4) is 0 Å². The van der Waals surface area contributed by atoms with Crippen molar-refractivity contribution in [3.05, 3.63) is 104 Å². The molecule has 3 nitrogen and oxygen atoms in total. The molecule has 0 aromatic heterocycles. The number of ether oxygens (including phenoxy) is 1. The SMILES string of the molecule is Cc1ccc(C(=O)[C@H](OC(=O)c2cccc(I)c2)c2ccc(C)cc2)cc1. The maximum atomic E-state index is 13.1. The second-order valence-electron chi connectivity index (χ2n) is 6.44. The Balaban J connectivity index is 1.94. The Hall–Kier alpha value is -2.47. The van der Waals surface area contributed by atoms with Gasteiger partial charge in [0.25, 0.3) is 0 Å². The molecule has 1 atom stereocenters. The Morgan fingerprint density at radius 2 is 1.41 bits per heavy atom. The maximum absolute atomic E-state index is 13.1. The van der Waals surface area contributed by atoms with Crippen molar-refractivity contribution < 1.29 is 14.3 Å². The van der Waals surface area contributed by atoms with Crippen LogP contribution in [0.15, 0.2) is 72.8 Å². The van der Waals surface area contributed by atoms with Gasteiger partial charge in [-0.2, -0.15) is 0 Å². The van der Waals surface area contributed by atoms with E-state index in [2.05, 4.69) is 22.6 Å². The van der Waals surface area contributed by atoms with E-state index in [0.717, 1.165) is 14.7 Å². The Morgan fingerprint density at radius 3 is 2.00 bits per heavy atom. The molecule has 27 heavy (non-hydrogen) atoms. The fourth-order valence-electron chi connectivity index (χ4n) is 2.67. The lowest BCUT2D eigenvalue weighted by Crippen LogP contribution is -2.20. The lowest BCUT2D eigenvalue weighted by Gasteiger charge is -2.18. The summed E-state index contributed by atoms with van der Waals surface area (Å²) in [5.41, 5.74) is 3.74. The largest absolute Gasteiger partial charge is 0.445 e. The van der Waals surface area contributed by atoms with Gasteiger partial charge in [0.05, 0.1) is 5.56 Å². The van der Waals surface area contributed by atoms with E-state index in [1.807, 2.05) is 56.3 Å². The first-order chi connectivity index (χ1) is 12.9. The van der Waals surface area contributed by atoms with Crippen LogP contribution in [0.1, 0.15) is 43.5 Å². The first-order valence-corrected chi connectivity index (χ1v) is 9.66. The van der Waals surface area contributed by atoms with Gasteiger partial charge in [0.2, 0.25) is 5.78 Å². The highest BCUT2D eigenvalue weighted by atomic mass is 127. The molecule has 0 unspecified atom stereocenters. The fourth-order valence-corrected chi connectivity index (χ4v) is 3.22. The molecule has 0 saturated carbocycles. The van der Waals surface area contributed by atoms with Crippen molar-refractivity contribution in [1.82, 2.24) is 0 Å². The summed E-state index contributed by atoms with van der Waals surface area (Å²) in [5, 5.41) is 0. The second-order valence-corrected chi connectivity index (χ2v) is 7.68. The van der Waals surface area contributed by atoms with Crippen LogP contribution in [0.3, 0.4) is 0 Å². The summed E-state index contributed by atoms with van der Waals surface area (Å²) in [7, 11) is 0. The smallest absolute Gasteiger partial charge is 0.339 e. The second kappa shape index (κ2) is 8.48. The number of Topliss-reactive ketones (excluding diaryl/α,β-unsaturated/α-hetero) is 1. The molecule has 136 valence electrons. The number of hydrogen-bond donors (Lipinski definition) is 0. The predicted octanol–water partition coefficient (Wildman–Crippen LogP) is 5.69. The van der Waals surface area contributed by atoms with Gasteiger partial charge in [-0.25, -0.2) is 4.79 Å². The van der Waals surface area contributed by atoms with Crippen LogP contribution < -0.4 is 0 Å². The summed E-state index contributed by atoms with van der Waals surface area (Å²) >= 11 is 2.14. The predicted molar refractivity (Wildman–Crippen MR) is 114 cm³/mol. The maximum Gasteiger partial charge on any atom is 0.339 e. The minimum Gasteiger partial charge on any atom is -0.445 e. The summed E-state index contributed by atoms with van der Waals surface area (Å²) in [6.45, 7) is 3.93. The van der Waals surface area contributed by atoms with Gasteiger partial charge in [-0.05, 0) is 54.6 Å². The average molecular weight is 470 g/mol. The van der Waals surface area contributed by atoms with Gasteiger partial charge in [-0.3, -0.25) is 4.79 Å². The first-order valence-electron chi connectivity index (χ1n) is 8.58. The Bertz CT molecular complexity index is 960. The summed E-state index contributed by atoms with van der Waals surface area (Å²) in [5.74, 6) is -0.752. The molecule has 0 amide bonds. The van der Waals surface area contributed by atoms with Crippen LogP contribution in [0, 0.1) is 17.4 Å². The summed E-state index contributed by atoms with van der Waals surface area (Å²) in [4.78, 5) is 25.8. The van der Waals surface area contributed by atoms with E-state index in [4.69, 9.17) is 4.74 Å². The van der Waals surface area contributed by atoms with E-state index in [1.54, 1.807) is 30.3 Å². The molecule has 4 heteroatoms. The number of esters is 1. The highest BCUT2D eigenvalue weighted by Gasteiger charge is 2.26. The molecule has 3 rings (SSSR count). The minimum atomic E-state index is -0.987. The van der Waals surface area contributed by atoms with Gasteiger partial charge in [0, 0.05) is 14.7 Å². The minimum absolute atomic E-state index is 0.238. The van der Waals surface area contributed by atoms with Crippen LogP contribution in [-0.2, 0) is 4.74 Å². The third kappa shape index (κ3) is 4.83. The van der Waals surface area contributed by atoms with Gasteiger partial charge < -0.3 is 4.74 Å². The number of carbonyl (C=O) groups is 2. The van der Waals surface area contributed by atoms with Crippen LogP contribution in [0.5, 0.6) is 0 Å². The van der Waals surface area contributed by atoms with Gasteiger partial charge in [-0.15, -0.1) is 0 Å². The quantitative estimate of drug-likeness (QED) is 0.274. The molecular formula is C23H19IO3. The molecule has 3 aromatic rings. The molecule has 0 heterocycles. The zero-order valence-electron chi connectivity index (χ0n) is 15.1. The Kier molecular flexibility index (Phi) is 6.06. The van der Waals surface area contributed by atoms with Gasteiger partial charge in [0.1, 0.15) is 0 Å². The third-order valence-corrected chi connectivity index (χ3v) is 4.91.